The molecule has 29 heavy (non-hydrogen) atoms. The van der Waals surface area contributed by atoms with Gasteiger partial charge in [0.2, 0.25) is 0 Å². The number of nitrogens with one attached hydrogen (secondary N) is 1. The molecular formula is C23H22N4OS. The van der Waals surface area contributed by atoms with Crippen molar-refractivity contribution in [3.05, 3.63) is 65.2 Å². The van der Waals surface area contributed by atoms with Crippen molar-refractivity contribution < 1.29 is 4.79 Å². The summed E-state index contributed by atoms with van der Waals surface area (Å²) in [6.07, 6.45) is 2.49. The molecule has 2 heterocycles. The van der Waals surface area contributed by atoms with Crippen LogP contribution in [0.1, 0.15) is 28.9 Å². The van der Waals surface area contributed by atoms with Crippen LogP contribution in [0.5, 0.6) is 0 Å². The molecule has 0 atom stereocenters. The van der Waals surface area contributed by atoms with E-state index < -0.39 is 0 Å². The number of fused-ring (bicyclic) bond motifs is 1. The Morgan fingerprint density at radius 2 is 2.03 bits per heavy atom. The van der Waals surface area contributed by atoms with Crippen LogP contribution < -0.4 is 11.1 Å². The molecule has 0 unspecified atom stereocenters. The molecule has 5 rings (SSSR count). The van der Waals surface area contributed by atoms with Crippen molar-refractivity contribution in [2.24, 2.45) is 11.7 Å². The van der Waals surface area contributed by atoms with Gasteiger partial charge in [-0.05, 0) is 43.2 Å². The number of hydrogen-bond acceptors (Lipinski definition) is 4. The molecule has 0 spiro atoms. The van der Waals surface area contributed by atoms with Gasteiger partial charge in [-0.1, -0.05) is 36.4 Å². The van der Waals surface area contributed by atoms with Crippen molar-refractivity contribution >= 4 is 38.8 Å². The highest BCUT2D eigenvalue weighted by Crippen LogP contribution is 2.36. The van der Waals surface area contributed by atoms with Crippen LogP contribution >= 0.6 is 11.3 Å². The molecule has 2 aromatic carbocycles. The summed E-state index contributed by atoms with van der Waals surface area (Å²) in [5, 5.41) is 8.68. The predicted octanol–water partition coefficient (Wildman–Crippen LogP) is 5.33. The van der Waals surface area contributed by atoms with Crippen LogP contribution in [0.15, 0.2) is 53.9 Å². The number of anilines is 2. The average molecular weight is 403 g/mol. The zero-order chi connectivity index (χ0) is 20.0. The van der Waals surface area contributed by atoms with E-state index in [1.165, 1.54) is 18.2 Å². The number of primary amides is 1. The molecule has 5 nitrogen and oxygen atoms in total. The van der Waals surface area contributed by atoms with E-state index in [1.54, 1.807) is 11.3 Å². The van der Waals surface area contributed by atoms with Gasteiger partial charge in [0.25, 0.3) is 5.91 Å². The number of hydrogen-bond donors (Lipinski definition) is 2. The van der Waals surface area contributed by atoms with Gasteiger partial charge in [-0.15, -0.1) is 11.3 Å². The van der Waals surface area contributed by atoms with E-state index in [2.05, 4.69) is 34.1 Å². The summed E-state index contributed by atoms with van der Waals surface area (Å²) in [7, 11) is 0. The fraction of sp³-hybridized carbons (Fsp3) is 0.217. The number of benzene rings is 2. The summed E-state index contributed by atoms with van der Waals surface area (Å²) in [5.74, 6) is 0.301. The van der Waals surface area contributed by atoms with E-state index in [0.717, 1.165) is 39.8 Å². The summed E-state index contributed by atoms with van der Waals surface area (Å²) in [6.45, 7) is 2.88. The molecule has 0 aliphatic heterocycles. The maximum absolute atomic E-state index is 11.9. The highest BCUT2D eigenvalue weighted by atomic mass is 32.1. The molecule has 1 saturated carbocycles. The van der Waals surface area contributed by atoms with Gasteiger partial charge in [0.05, 0.1) is 17.0 Å². The molecule has 0 saturated heterocycles. The maximum atomic E-state index is 11.9. The second-order valence-electron chi connectivity index (χ2n) is 7.64. The Balaban J connectivity index is 1.50. The van der Waals surface area contributed by atoms with Crippen molar-refractivity contribution in [1.29, 1.82) is 0 Å². The number of amides is 1. The van der Waals surface area contributed by atoms with Gasteiger partial charge < -0.3 is 15.6 Å². The number of nitrogens with two attached hydrogens (primary N) is 1. The normalized spacial score (nSPS) is 13.7. The van der Waals surface area contributed by atoms with Crippen molar-refractivity contribution in [2.45, 2.75) is 26.3 Å². The summed E-state index contributed by atoms with van der Waals surface area (Å²) in [6, 6.07) is 16.4. The second-order valence-corrected chi connectivity index (χ2v) is 8.49. The van der Waals surface area contributed by atoms with Crippen LogP contribution in [0.4, 0.5) is 10.8 Å². The Labute approximate surface area is 173 Å². The van der Waals surface area contributed by atoms with E-state index in [0.29, 0.717) is 11.5 Å². The minimum absolute atomic E-state index is 0.386. The highest BCUT2D eigenvalue weighted by molar-refractivity contribution is 7.14. The number of carbonyl (C=O) groups excluding carboxylic acids is 1. The van der Waals surface area contributed by atoms with Crippen LogP contribution in [0.3, 0.4) is 0 Å². The Kier molecular flexibility index (Phi) is 4.36. The molecular weight excluding hydrogens is 380 g/mol. The zero-order valence-electron chi connectivity index (χ0n) is 16.2. The van der Waals surface area contributed by atoms with Crippen LogP contribution in [-0.2, 0) is 6.54 Å². The van der Waals surface area contributed by atoms with Gasteiger partial charge >= 0.3 is 0 Å². The van der Waals surface area contributed by atoms with Crippen LogP contribution in [0.25, 0.3) is 22.2 Å². The Bertz CT molecular complexity index is 1210. The van der Waals surface area contributed by atoms with Gasteiger partial charge in [0.1, 0.15) is 0 Å². The molecule has 1 aliphatic rings. The molecule has 0 radical (unpaired) electrons. The number of thiazole rings is 1. The van der Waals surface area contributed by atoms with Crippen LogP contribution in [0.2, 0.25) is 0 Å². The van der Waals surface area contributed by atoms with E-state index in [9.17, 15) is 4.79 Å². The third-order valence-electron chi connectivity index (χ3n) is 5.57. The van der Waals surface area contributed by atoms with Gasteiger partial charge in [-0.2, -0.15) is 0 Å². The molecule has 146 valence electrons. The van der Waals surface area contributed by atoms with Crippen molar-refractivity contribution in [3.63, 3.8) is 0 Å². The third-order valence-corrected chi connectivity index (χ3v) is 6.33. The fourth-order valence-corrected chi connectivity index (χ4v) is 4.52. The largest absolute Gasteiger partial charge is 0.366 e. The van der Waals surface area contributed by atoms with E-state index >= 15 is 0 Å². The number of rotatable bonds is 6. The van der Waals surface area contributed by atoms with Gasteiger partial charge in [0.15, 0.2) is 5.13 Å². The first-order chi connectivity index (χ1) is 14.1. The van der Waals surface area contributed by atoms with Crippen LogP contribution in [0, 0.1) is 12.8 Å². The van der Waals surface area contributed by atoms with Crippen molar-refractivity contribution in [2.75, 3.05) is 5.32 Å². The maximum Gasteiger partial charge on any atom is 0.250 e. The summed E-state index contributed by atoms with van der Waals surface area (Å²) >= 11 is 1.56. The first-order valence-electron chi connectivity index (χ1n) is 9.81. The van der Waals surface area contributed by atoms with Crippen molar-refractivity contribution in [1.82, 2.24) is 9.55 Å². The predicted molar refractivity (Wildman–Crippen MR) is 119 cm³/mol. The van der Waals surface area contributed by atoms with Gasteiger partial charge in [0, 0.05) is 28.7 Å². The Morgan fingerprint density at radius 3 is 2.83 bits per heavy atom. The third kappa shape index (κ3) is 3.40. The highest BCUT2D eigenvalue weighted by Gasteiger charge is 2.26. The van der Waals surface area contributed by atoms with E-state index in [4.69, 9.17) is 10.7 Å². The lowest BCUT2D eigenvalue weighted by Gasteiger charge is -2.10. The van der Waals surface area contributed by atoms with Crippen LogP contribution in [-0.4, -0.2) is 15.5 Å². The standard InChI is InChI=1S/C23H22N4OS/c1-14-18(22(24)28)11-21(27(14)12-15-9-10-15)20-13-29-23(26-20)25-19-8-4-6-16-5-2-3-7-17(16)19/h2-8,11,13,15H,9-10,12H2,1H3,(H2,24,28)(H,25,26). The lowest BCUT2D eigenvalue weighted by atomic mass is 10.1. The first kappa shape index (κ1) is 17.9. The van der Waals surface area contributed by atoms with Gasteiger partial charge in [-0.3, -0.25) is 4.79 Å². The summed E-state index contributed by atoms with van der Waals surface area (Å²) in [4.78, 5) is 16.7. The number of aromatic nitrogens is 2. The molecule has 0 bridgehead atoms. The molecule has 1 fully saturated rings. The topological polar surface area (TPSA) is 72.9 Å². The minimum Gasteiger partial charge on any atom is -0.366 e. The molecule has 1 aliphatic carbocycles. The molecule has 1 amide bonds. The summed E-state index contributed by atoms with van der Waals surface area (Å²) in [5.41, 5.74) is 9.97. The Hall–Kier alpha value is -3.12. The Morgan fingerprint density at radius 1 is 1.24 bits per heavy atom. The fourth-order valence-electron chi connectivity index (χ4n) is 3.80. The van der Waals surface area contributed by atoms with Crippen molar-refractivity contribution in [3.8, 4) is 11.4 Å². The quantitative estimate of drug-likeness (QED) is 0.458. The lowest BCUT2D eigenvalue weighted by Crippen LogP contribution is -2.12. The minimum atomic E-state index is -0.386. The smallest absolute Gasteiger partial charge is 0.250 e. The first-order valence-corrected chi connectivity index (χ1v) is 10.7. The van der Waals surface area contributed by atoms with Gasteiger partial charge in [-0.25, -0.2) is 4.98 Å². The average Bonchev–Trinajstić information content (AvgIpc) is 3.32. The second kappa shape index (κ2) is 7.04. The zero-order valence-corrected chi connectivity index (χ0v) is 17.0. The molecule has 6 heteroatoms. The molecule has 4 aromatic rings. The monoisotopic (exact) mass is 402 g/mol. The van der Waals surface area contributed by atoms with E-state index in [1.807, 2.05) is 36.6 Å². The summed E-state index contributed by atoms with van der Waals surface area (Å²) < 4.78 is 2.20. The molecule has 3 N–H and O–H groups in total. The SMILES string of the molecule is Cc1c(C(N)=O)cc(-c2csc(Nc3cccc4ccccc34)n2)n1CC1CC1. The van der Waals surface area contributed by atoms with E-state index in [-0.39, 0.29) is 5.91 Å². The number of carbonyl (C=O) groups is 1. The lowest BCUT2D eigenvalue weighted by molar-refractivity contribution is 0.0999. The number of nitrogens with zero attached hydrogens (tertiary/aromatic N) is 2. The molecule has 2 aromatic heterocycles.